The van der Waals surface area contributed by atoms with Crippen molar-refractivity contribution >= 4 is 29.9 Å². The topological polar surface area (TPSA) is 43.4 Å². The average molecular weight is 315 g/mol. The Morgan fingerprint density at radius 3 is 2.68 bits per heavy atom. The first-order valence-electron chi connectivity index (χ1n) is 6.73. The zero-order valence-electron chi connectivity index (χ0n) is 12.1. The molecule has 0 N–H and O–H groups in total. The van der Waals surface area contributed by atoms with Crippen LogP contribution in [-0.2, 0) is 11.2 Å². The maximum atomic E-state index is 11.8. The van der Waals surface area contributed by atoms with Crippen molar-refractivity contribution in [3.05, 3.63) is 75.8 Å². The van der Waals surface area contributed by atoms with E-state index in [4.69, 9.17) is 16.3 Å². The van der Waals surface area contributed by atoms with Crippen molar-refractivity contribution < 1.29 is 14.3 Å². The molecule has 2 rings (SSSR count). The van der Waals surface area contributed by atoms with Crippen LogP contribution in [0.3, 0.4) is 0 Å². The molecule has 0 aliphatic carbocycles. The van der Waals surface area contributed by atoms with Gasteiger partial charge in [0.2, 0.25) is 0 Å². The molecule has 0 heterocycles. The molecule has 0 fully saturated rings. The molecule has 0 spiro atoms. The number of ether oxygens (including phenoxy) is 1. The molecule has 0 unspecified atom stereocenters. The summed E-state index contributed by atoms with van der Waals surface area (Å²) in [6.07, 6.45) is 5.16. The van der Waals surface area contributed by atoms with Crippen LogP contribution in [0, 0.1) is 0 Å². The number of allylic oxidation sites excluding steroid dienone is 1. The number of carbonyl (C=O) groups excluding carboxylic acids is 2. The van der Waals surface area contributed by atoms with Gasteiger partial charge in [-0.25, -0.2) is 4.79 Å². The molecule has 2 aromatic carbocycles. The summed E-state index contributed by atoms with van der Waals surface area (Å²) >= 11 is 5.92. The van der Waals surface area contributed by atoms with Crippen LogP contribution in [0.2, 0.25) is 5.02 Å². The number of carbonyl (C=O) groups is 2. The van der Waals surface area contributed by atoms with Gasteiger partial charge in [-0.05, 0) is 29.7 Å². The van der Waals surface area contributed by atoms with Crippen molar-refractivity contribution in [2.75, 3.05) is 7.11 Å². The predicted octanol–water partition coefficient (Wildman–Crippen LogP) is 4.20. The van der Waals surface area contributed by atoms with E-state index in [2.05, 4.69) is 0 Å². The summed E-state index contributed by atoms with van der Waals surface area (Å²) in [6.45, 7) is 0. The Morgan fingerprint density at radius 2 is 1.95 bits per heavy atom. The number of halogens is 1. The summed E-state index contributed by atoms with van der Waals surface area (Å²) in [5.41, 5.74) is 2.73. The molecule has 0 aromatic heterocycles. The second-order valence-corrected chi connectivity index (χ2v) is 5.08. The lowest BCUT2D eigenvalue weighted by molar-refractivity contribution is 0.0600. The van der Waals surface area contributed by atoms with Crippen LogP contribution in [0.5, 0.6) is 0 Å². The van der Waals surface area contributed by atoms with E-state index in [1.807, 2.05) is 30.4 Å². The maximum Gasteiger partial charge on any atom is 0.338 e. The molecule has 0 aliphatic rings. The van der Waals surface area contributed by atoms with Crippen LogP contribution in [-0.4, -0.2) is 19.4 Å². The Labute approximate surface area is 134 Å². The molecule has 0 bridgehead atoms. The van der Waals surface area contributed by atoms with Gasteiger partial charge in [0.25, 0.3) is 0 Å². The van der Waals surface area contributed by atoms with Gasteiger partial charge >= 0.3 is 5.97 Å². The van der Waals surface area contributed by atoms with Gasteiger partial charge in [0.15, 0.2) is 0 Å². The smallest absolute Gasteiger partial charge is 0.338 e. The molecule has 0 atom stereocenters. The molecule has 0 saturated carbocycles. The summed E-state index contributed by atoms with van der Waals surface area (Å²) in [7, 11) is 1.33. The summed E-state index contributed by atoms with van der Waals surface area (Å²) in [4.78, 5) is 22.7. The lowest BCUT2D eigenvalue weighted by atomic mass is 10.0. The number of hydrogen-bond donors (Lipinski definition) is 0. The Bertz CT molecular complexity index is 720. The molecule has 3 nitrogen and oxygen atoms in total. The van der Waals surface area contributed by atoms with Crippen molar-refractivity contribution in [3.8, 4) is 0 Å². The van der Waals surface area contributed by atoms with Gasteiger partial charge in [-0.3, -0.25) is 4.79 Å². The van der Waals surface area contributed by atoms with Crippen molar-refractivity contribution in [2.24, 2.45) is 0 Å². The van der Waals surface area contributed by atoms with E-state index >= 15 is 0 Å². The zero-order valence-corrected chi connectivity index (χ0v) is 12.8. The molecule has 0 saturated heterocycles. The van der Waals surface area contributed by atoms with E-state index in [1.54, 1.807) is 24.3 Å². The van der Waals surface area contributed by atoms with Crippen LogP contribution in [0.4, 0.5) is 0 Å². The lowest BCUT2D eigenvalue weighted by Crippen LogP contribution is -2.03. The normalized spacial score (nSPS) is 10.6. The van der Waals surface area contributed by atoms with Crippen LogP contribution in [0.1, 0.15) is 31.8 Å². The number of benzene rings is 2. The first kappa shape index (κ1) is 16.0. The van der Waals surface area contributed by atoms with Crippen molar-refractivity contribution in [1.29, 1.82) is 0 Å². The van der Waals surface area contributed by atoms with Gasteiger partial charge in [0.05, 0.1) is 12.7 Å². The van der Waals surface area contributed by atoms with E-state index in [9.17, 15) is 9.59 Å². The summed E-state index contributed by atoms with van der Waals surface area (Å²) in [5, 5.41) is 0.476. The molecule has 0 aliphatic heterocycles. The first-order chi connectivity index (χ1) is 10.7. The number of hydrogen-bond acceptors (Lipinski definition) is 3. The van der Waals surface area contributed by atoms with Gasteiger partial charge in [-0.15, -0.1) is 0 Å². The number of rotatable bonds is 5. The van der Waals surface area contributed by atoms with E-state index in [0.717, 1.165) is 17.4 Å². The first-order valence-corrected chi connectivity index (χ1v) is 7.11. The molecular formula is C18H15ClO3. The minimum atomic E-state index is -0.435. The van der Waals surface area contributed by atoms with Crippen molar-refractivity contribution in [2.45, 2.75) is 6.42 Å². The average Bonchev–Trinajstić information content (AvgIpc) is 2.55. The Balaban J connectivity index is 2.23. The Morgan fingerprint density at radius 1 is 1.18 bits per heavy atom. The number of aldehydes is 1. The highest BCUT2D eigenvalue weighted by Gasteiger charge is 2.10. The number of methoxy groups -OCH3 is 1. The van der Waals surface area contributed by atoms with E-state index < -0.39 is 5.97 Å². The molecule has 2 aromatic rings. The zero-order chi connectivity index (χ0) is 15.9. The standard InChI is InChI=1S/C18H15ClO3/c1-22-18(21)17-11-16(19)10-9-14(17)8-4-7-13-5-2-3-6-15(13)12-20/h2-6,8-12H,7H2,1H3. The monoisotopic (exact) mass is 314 g/mol. The molecular weight excluding hydrogens is 300 g/mol. The third kappa shape index (κ3) is 3.83. The maximum absolute atomic E-state index is 11.8. The molecule has 22 heavy (non-hydrogen) atoms. The largest absolute Gasteiger partial charge is 0.465 e. The molecule has 112 valence electrons. The summed E-state index contributed by atoms with van der Waals surface area (Å²) in [6, 6.07) is 12.4. The van der Waals surface area contributed by atoms with Crippen molar-refractivity contribution in [1.82, 2.24) is 0 Å². The van der Waals surface area contributed by atoms with Gasteiger partial charge in [0, 0.05) is 10.6 Å². The van der Waals surface area contributed by atoms with Gasteiger partial charge in [-0.2, -0.15) is 0 Å². The molecule has 0 amide bonds. The third-order valence-corrected chi connectivity index (χ3v) is 3.47. The Kier molecular flexibility index (Phi) is 5.50. The summed E-state index contributed by atoms with van der Waals surface area (Å²) in [5.74, 6) is -0.435. The minimum absolute atomic E-state index is 0.412. The highest BCUT2D eigenvalue weighted by molar-refractivity contribution is 6.31. The van der Waals surface area contributed by atoms with E-state index in [1.165, 1.54) is 7.11 Å². The predicted molar refractivity (Wildman–Crippen MR) is 87.4 cm³/mol. The van der Waals surface area contributed by atoms with E-state index in [0.29, 0.717) is 22.6 Å². The fraction of sp³-hybridized carbons (Fsp3) is 0.111. The van der Waals surface area contributed by atoms with Gasteiger partial charge in [-0.1, -0.05) is 54.1 Å². The second-order valence-electron chi connectivity index (χ2n) is 4.65. The molecule has 0 radical (unpaired) electrons. The molecule has 4 heteroatoms. The second kappa shape index (κ2) is 7.57. The Hall–Kier alpha value is -2.39. The fourth-order valence-electron chi connectivity index (χ4n) is 2.11. The highest BCUT2D eigenvalue weighted by atomic mass is 35.5. The quantitative estimate of drug-likeness (QED) is 0.614. The highest BCUT2D eigenvalue weighted by Crippen LogP contribution is 2.19. The van der Waals surface area contributed by atoms with Crippen LogP contribution < -0.4 is 0 Å². The van der Waals surface area contributed by atoms with Gasteiger partial charge < -0.3 is 4.74 Å². The number of esters is 1. The minimum Gasteiger partial charge on any atom is -0.465 e. The van der Waals surface area contributed by atoms with Crippen LogP contribution in [0.25, 0.3) is 6.08 Å². The third-order valence-electron chi connectivity index (χ3n) is 3.24. The SMILES string of the molecule is COC(=O)c1cc(Cl)ccc1C=CCc1ccccc1C=O. The van der Waals surface area contributed by atoms with Crippen LogP contribution >= 0.6 is 11.6 Å². The lowest BCUT2D eigenvalue weighted by Gasteiger charge is -2.05. The van der Waals surface area contributed by atoms with E-state index in [-0.39, 0.29) is 0 Å². The van der Waals surface area contributed by atoms with Crippen LogP contribution in [0.15, 0.2) is 48.5 Å². The van der Waals surface area contributed by atoms with Gasteiger partial charge in [0.1, 0.15) is 6.29 Å². The fourth-order valence-corrected chi connectivity index (χ4v) is 2.28. The van der Waals surface area contributed by atoms with Crippen molar-refractivity contribution in [3.63, 3.8) is 0 Å². The summed E-state index contributed by atoms with van der Waals surface area (Å²) < 4.78 is 4.76.